The lowest BCUT2D eigenvalue weighted by Crippen LogP contribution is -2.18. The number of hydrogen-bond acceptors (Lipinski definition) is 1. The van der Waals surface area contributed by atoms with E-state index in [-0.39, 0.29) is 5.91 Å². The highest BCUT2D eigenvalue weighted by molar-refractivity contribution is 6.17. The van der Waals surface area contributed by atoms with Gasteiger partial charge in [-0.25, -0.2) is 0 Å². The molecule has 0 unspecified atom stereocenters. The second kappa shape index (κ2) is 5.41. The van der Waals surface area contributed by atoms with Crippen LogP contribution in [0.4, 0.5) is 0 Å². The summed E-state index contributed by atoms with van der Waals surface area (Å²) in [5.41, 5.74) is 9.77. The van der Waals surface area contributed by atoms with E-state index in [1.807, 2.05) is 18.2 Å². The molecule has 1 saturated carbocycles. The fraction of sp³-hybridized carbons (Fsp3) is 0.350. The summed E-state index contributed by atoms with van der Waals surface area (Å²) in [5, 5.41) is 1.97. The first-order chi connectivity index (χ1) is 11.2. The lowest BCUT2D eigenvalue weighted by molar-refractivity contribution is 0.100. The van der Waals surface area contributed by atoms with E-state index in [2.05, 4.69) is 29.7 Å². The standard InChI is InChI=1S/C20H21N2O/c1-2-13-9-10-15-18(11-13)22(12-14-5-3-6-14)17-8-4-7-16(19(15)17)20(21)23/h4,7-9,11,14H,2-3,5-6,12H2,1H3,(H2,21,23). The minimum atomic E-state index is -0.369. The molecule has 1 aliphatic carbocycles. The lowest BCUT2D eigenvalue weighted by atomic mass is 9.85. The second-order valence-electron chi connectivity index (χ2n) is 6.59. The lowest BCUT2D eigenvalue weighted by Gasteiger charge is -2.26. The van der Waals surface area contributed by atoms with Crippen LogP contribution in [-0.4, -0.2) is 10.5 Å². The molecule has 1 amide bonds. The first kappa shape index (κ1) is 14.3. The molecule has 1 radical (unpaired) electrons. The van der Waals surface area contributed by atoms with Gasteiger partial charge in [0.25, 0.3) is 0 Å². The molecule has 117 valence electrons. The molecule has 3 heteroatoms. The second-order valence-corrected chi connectivity index (χ2v) is 6.59. The van der Waals surface area contributed by atoms with Crippen LogP contribution in [0.25, 0.3) is 21.8 Å². The first-order valence-corrected chi connectivity index (χ1v) is 8.44. The van der Waals surface area contributed by atoms with E-state index in [1.54, 1.807) is 0 Å². The number of primary amides is 1. The Bertz CT molecular complexity index is 903. The number of amides is 1. The monoisotopic (exact) mass is 305 g/mol. The summed E-state index contributed by atoms with van der Waals surface area (Å²) in [5.74, 6) is 0.377. The summed E-state index contributed by atoms with van der Waals surface area (Å²) in [4.78, 5) is 11.9. The molecule has 2 aromatic carbocycles. The Kier molecular flexibility index (Phi) is 3.37. The fourth-order valence-electron chi connectivity index (χ4n) is 3.64. The average Bonchev–Trinajstić information content (AvgIpc) is 2.83. The number of hydrogen-bond donors (Lipinski definition) is 1. The first-order valence-electron chi connectivity index (χ1n) is 8.44. The molecule has 23 heavy (non-hydrogen) atoms. The Morgan fingerprint density at radius 2 is 2.17 bits per heavy atom. The van der Waals surface area contributed by atoms with Gasteiger partial charge in [-0.1, -0.05) is 25.5 Å². The minimum Gasteiger partial charge on any atom is -0.366 e. The maximum Gasteiger partial charge on any atom is 0.249 e. The van der Waals surface area contributed by atoms with Crippen LogP contribution in [0.1, 0.15) is 42.1 Å². The van der Waals surface area contributed by atoms with Gasteiger partial charge in [-0.2, -0.15) is 0 Å². The van der Waals surface area contributed by atoms with E-state index in [1.165, 1.54) is 30.3 Å². The smallest absolute Gasteiger partial charge is 0.249 e. The van der Waals surface area contributed by atoms with E-state index >= 15 is 0 Å². The van der Waals surface area contributed by atoms with Gasteiger partial charge in [0.05, 0.1) is 5.52 Å². The zero-order chi connectivity index (χ0) is 16.0. The zero-order valence-electron chi connectivity index (χ0n) is 13.4. The van der Waals surface area contributed by atoms with Crippen LogP contribution in [0.3, 0.4) is 0 Å². The molecule has 3 aromatic rings. The Labute approximate surface area is 136 Å². The molecular formula is C20H21N2O. The van der Waals surface area contributed by atoms with Crippen LogP contribution in [0, 0.1) is 12.0 Å². The maximum atomic E-state index is 11.9. The van der Waals surface area contributed by atoms with Crippen LogP contribution in [0.15, 0.2) is 30.3 Å². The van der Waals surface area contributed by atoms with Gasteiger partial charge in [-0.3, -0.25) is 4.79 Å². The van der Waals surface area contributed by atoms with Gasteiger partial charge in [0.2, 0.25) is 5.91 Å². The number of aryl methyl sites for hydroxylation is 1. The quantitative estimate of drug-likeness (QED) is 0.776. The van der Waals surface area contributed by atoms with Gasteiger partial charge in [-0.15, -0.1) is 0 Å². The van der Waals surface area contributed by atoms with Gasteiger partial charge in [0, 0.05) is 28.4 Å². The molecule has 1 aromatic heterocycles. The van der Waals surface area contributed by atoms with Crippen molar-refractivity contribution in [3.63, 3.8) is 0 Å². The molecule has 1 fully saturated rings. The topological polar surface area (TPSA) is 48.0 Å². The molecule has 1 aliphatic rings. The van der Waals surface area contributed by atoms with Crippen molar-refractivity contribution in [2.75, 3.05) is 0 Å². The Morgan fingerprint density at radius 3 is 2.83 bits per heavy atom. The number of fused-ring (bicyclic) bond motifs is 3. The zero-order valence-corrected chi connectivity index (χ0v) is 13.4. The number of nitrogens with zero attached hydrogens (tertiary/aromatic N) is 1. The molecular weight excluding hydrogens is 284 g/mol. The molecule has 0 saturated heterocycles. The van der Waals surface area contributed by atoms with E-state index in [4.69, 9.17) is 5.73 Å². The predicted molar refractivity (Wildman–Crippen MR) is 93.5 cm³/mol. The van der Waals surface area contributed by atoms with Crippen molar-refractivity contribution >= 4 is 27.7 Å². The summed E-state index contributed by atoms with van der Waals surface area (Å²) in [7, 11) is 0. The van der Waals surface area contributed by atoms with Crippen molar-refractivity contribution in [1.82, 2.24) is 4.57 Å². The Morgan fingerprint density at radius 1 is 1.35 bits per heavy atom. The van der Waals surface area contributed by atoms with E-state index in [0.717, 1.165) is 35.2 Å². The van der Waals surface area contributed by atoms with Crippen molar-refractivity contribution in [3.05, 3.63) is 47.5 Å². The summed E-state index contributed by atoms with van der Waals surface area (Å²) < 4.78 is 2.37. The number of aromatic nitrogens is 1. The third-order valence-electron chi connectivity index (χ3n) is 5.19. The highest BCUT2D eigenvalue weighted by Gasteiger charge is 2.22. The molecule has 0 spiro atoms. The summed E-state index contributed by atoms with van der Waals surface area (Å²) in [6, 6.07) is 13.5. The predicted octanol–water partition coefficient (Wildman–Crippen LogP) is 4.06. The normalized spacial score (nSPS) is 15.2. The van der Waals surface area contributed by atoms with Crippen molar-refractivity contribution < 1.29 is 4.79 Å². The highest BCUT2D eigenvalue weighted by Crippen LogP contribution is 2.35. The van der Waals surface area contributed by atoms with E-state index in [0.29, 0.717) is 5.56 Å². The van der Waals surface area contributed by atoms with Gasteiger partial charge in [-0.05, 0) is 55.0 Å². The van der Waals surface area contributed by atoms with Crippen molar-refractivity contribution in [3.8, 4) is 0 Å². The van der Waals surface area contributed by atoms with Gasteiger partial charge < -0.3 is 10.3 Å². The molecule has 1 heterocycles. The number of rotatable bonds is 4. The summed E-state index contributed by atoms with van der Waals surface area (Å²) >= 11 is 0. The summed E-state index contributed by atoms with van der Waals surface area (Å²) in [6.07, 6.45) is 4.92. The molecule has 0 atom stereocenters. The van der Waals surface area contributed by atoms with Gasteiger partial charge in [0.15, 0.2) is 0 Å². The molecule has 4 rings (SSSR count). The van der Waals surface area contributed by atoms with Crippen LogP contribution in [0.2, 0.25) is 0 Å². The third kappa shape index (κ3) is 2.23. The van der Waals surface area contributed by atoms with E-state index in [9.17, 15) is 4.79 Å². The van der Waals surface area contributed by atoms with Crippen molar-refractivity contribution in [2.45, 2.75) is 39.2 Å². The van der Waals surface area contributed by atoms with Gasteiger partial charge in [0.1, 0.15) is 0 Å². The molecule has 0 bridgehead atoms. The highest BCUT2D eigenvalue weighted by atomic mass is 16.1. The van der Waals surface area contributed by atoms with Crippen LogP contribution in [-0.2, 0) is 13.0 Å². The van der Waals surface area contributed by atoms with E-state index < -0.39 is 0 Å². The largest absolute Gasteiger partial charge is 0.366 e. The Balaban J connectivity index is 2.05. The van der Waals surface area contributed by atoms with Crippen LogP contribution >= 0.6 is 0 Å². The number of benzene rings is 2. The minimum absolute atomic E-state index is 0.369. The summed E-state index contributed by atoms with van der Waals surface area (Å²) in [6.45, 7) is 3.17. The number of nitrogens with two attached hydrogens (primary N) is 1. The number of carbonyl (C=O) groups is 1. The van der Waals surface area contributed by atoms with Crippen molar-refractivity contribution in [1.29, 1.82) is 0 Å². The molecule has 2 N–H and O–H groups in total. The SMILES string of the molecule is CCc1c[c]c2c3c(C(N)=O)cccc3n(CC3CCC3)c2c1. The van der Waals surface area contributed by atoms with Crippen LogP contribution < -0.4 is 5.73 Å². The third-order valence-corrected chi connectivity index (χ3v) is 5.19. The molecule has 0 aliphatic heterocycles. The fourth-order valence-corrected chi connectivity index (χ4v) is 3.64. The molecule has 3 nitrogen and oxygen atoms in total. The number of carbonyl (C=O) groups excluding carboxylic acids is 1. The van der Waals surface area contributed by atoms with Crippen molar-refractivity contribution in [2.24, 2.45) is 11.7 Å². The maximum absolute atomic E-state index is 11.9. The average molecular weight is 305 g/mol. The Hall–Kier alpha value is -2.29. The van der Waals surface area contributed by atoms with Crippen LogP contribution in [0.5, 0.6) is 0 Å². The van der Waals surface area contributed by atoms with Gasteiger partial charge >= 0.3 is 0 Å².